The van der Waals surface area contributed by atoms with E-state index in [1.807, 2.05) is 45.0 Å². The minimum Gasteiger partial charge on any atom is -0.493 e. The van der Waals surface area contributed by atoms with Crippen molar-refractivity contribution < 1.29 is 33.7 Å². The van der Waals surface area contributed by atoms with Gasteiger partial charge in [-0.15, -0.1) is 0 Å². The standard InChI is InChI=1S/C24H29N3O5.CO2/c1-15-12-17(25)22-18(26-15)6-5-7-20(22)32-14-24(2,3)27-23(29)16-8-9-19(30-4)21(13-16)31-11-10-28;2-1-3/h5-9,12-13,28H,10-11,14H2,1-4H3,(H2,25,26)(H,27,29);. The van der Waals surface area contributed by atoms with E-state index in [0.717, 1.165) is 16.6 Å². The molecule has 0 fully saturated rings. The molecule has 10 nitrogen and oxygen atoms in total. The number of nitrogens with one attached hydrogen (secondary N) is 1. The number of aliphatic hydroxyl groups is 1. The first-order chi connectivity index (χ1) is 16.6. The van der Waals surface area contributed by atoms with Gasteiger partial charge in [0.1, 0.15) is 19.0 Å². The van der Waals surface area contributed by atoms with Crippen molar-refractivity contribution in [2.45, 2.75) is 26.3 Å². The quantitative estimate of drug-likeness (QED) is 0.417. The van der Waals surface area contributed by atoms with Crippen molar-refractivity contribution in [2.24, 2.45) is 0 Å². The van der Waals surface area contributed by atoms with Crippen molar-refractivity contribution in [3.63, 3.8) is 0 Å². The molecule has 0 saturated carbocycles. The zero-order valence-corrected chi connectivity index (χ0v) is 20.1. The number of nitrogens with zero attached hydrogens (tertiary/aromatic N) is 1. The van der Waals surface area contributed by atoms with Crippen LogP contribution in [0.1, 0.15) is 29.9 Å². The maximum absolute atomic E-state index is 12.9. The number of rotatable bonds is 9. The fraction of sp³-hybridized carbons (Fsp3) is 0.320. The molecule has 35 heavy (non-hydrogen) atoms. The summed E-state index contributed by atoms with van der Waals surface area (Å²) in [6, 6.07) is 12.3. The molecule has 4 N–H and O–H groups in total. The van der Waals surface area contributed by atoms with Gasteiger partial charge in [-0.2, -0.15) is 9.59 Å². The molecule has 0 atom stereocenters. The summed E-state index contributed by atoms with van der Waals surface area (Å²) >= 11 is 0. The minimum absolute atomic E-state index is 0.101. The molecule has 2 aromatic carbocycles. The summed E-state index contributed by atoms with van der Waals surface area (Å²) in [5.74, 6) is 1.19. The Balaban J connectivity index is 0.00000137. The maximum atomic E-state index is 12.9. The summed E-state index contributed by atoms with van der Waals surface area (Å²) in [5.41, 5.74) is 8.11. The highest BCUT2D eigenvalue weighted by atomic mass is 16.5. The van der Waals surface area contributed by atoms with Crippen LogP contribution in [-0.2, 0) is 9.59 Å². The lowest BCUT2D eigenvalue weighted by Gasteiger charge is -2.27. The molecule has 0 aliphatic rings. The van der Waals surface area contributed by atoms with E-state index in [2.05, 4.69) is 10.3 Å². The summed E-state index contributed by atoms with van der Waals surface area (Å²) in [7, 11) is 1.51. The highest BCUT2D eigenvalue weighted by Gasteiger charge is 2.24. The van der Waals surface area contributed by atoms with Gasteiger partial charge in [-0.1, -0.05) is 6.07 Å². The van der Waals surface area contributed by atoms with E-state index in [9.17, 15) is 4.79 Å². The monoisotopic (exact) mass is 483 g/mol. The van der Waals surface area contributed by atoms with Gasteiger partial charge < -0.3 is 30.4 Å². The number of methoxy groups -OCH3 is 1. The Hall–Kier alpha value is -4.14. The van der Waals surface area contributed by atoms with Crippen molar-refractivity contribution in [1.29, 1.82) is 0 Å². The number of nitrogen functional groups attached to an aromatic ring is 1. The van der Waals surface area contributed by atoms with E-state index in [1.165, 1.54) is 7.11 Å². The Labute approximate surface area is 203 Å². The summed E-state index contributed by atoms with van der Waals surface area (Å²) < 4.78 is 16.8. The second kappa shape index (κ2) is 12.4. The van der Waals surface area contributed by atoms with Gasteiger partial charge in [-0.05, 0) is 57.2 Å². The summed E-state index contributed by atoms with van der Waals surface area (Å²) in [4.78, 5) is 33.6. The van der Waals surface area contributed by atoms with Gasteiger partial charge in [0.05, 0.1) is 30.2 Å². The highest BCUT2D eigenvalue weighted by Crippen LogP contribution is 2.31. The van der Waals surface area contributed by atoms with E-state index in [-0.39, 0.29) is 31.9 Å². The average molecular weight is 484 g/mol. The number of benzene rings is 2. The fourth-order valence-corrected chi connectivity index (χ4v) is 3.30. The number of carbonyl (C=O) groups excluding carboxylic acids is 3. The Kier molecular flexibility index (Phi) is 9.57. The third-order valence-electron chi connectivity index (χ3n) is 4.77. The van der Waals surface area contributed by atoms with Crippen LogP contribution < -0.4 is 25.3 Å². The SMILES string of the molecule is COc1ccc(C(=O)NC(C)(C)COc2cccc3nc(C)cc(N)c23)cc1OCCO.O=C=O. The number of aryl methyl sites for hydroxylation is 1. The van der Waals surface area contributed by atoms with Gasteiger partial charge >= 0.3 is 6.15 Å². The molecule has 1 aromatic heterocycles. The highest BCUT2D eigenvalue weighted by molar-refractivity contribution is 5.96. The summed E-state index contributed by atoms with van der Waals surface area (Å²) in [6.07, 6.45) is 0.250. The number of fused-ring (bicyclic) bond motifs is 1. The van der Waals surface area contributed by atoms with Gasteiger partial charge in [0.25, 0.3) is 5.91 Å². The van der Waals surface area contributed by atoms with Crippen LogP contribution in [0.2, 0.25) is 0 Å². The van der Waals surface area contributed by atoms with Gasteiger partial charge in [0.15, 0.2) is 11.5 Å². The Bertz CT molecular complexity index is 1210. The van der Waals surface area contributed by atoms with Crippen LogP contribution in [-0.4, -0.2) is 54.6 Å². The second-order valence-corrected chi connectivity index (χ2v) is 8.15. The van der Waals surface area contributed by atoms with E-state index in [1.54, 1.807) is 18.2 Å². The fourth-order valence-electron chi connectivity index (χ4n) is 3.30. The second-order valence-electron chi connectivity index (χ2n) is 8.15. The molecule has 0 radical (unpaired) electrons. The zero-order chi connectivity index (χ0) is 26.0. The van der Waals surface area contributed by atoms with E-state index in [4.69, 9.17) is 34.6 Å². The summed E-state index contributed by atoms with van der Waals surface area (Å²) in [6.45, 7) is 5.81. The number of aromatic nitrogens is 1. The van der Waals surface area contributed by atoms with Gasteiger partial charge in [-0.25, -0.2) is 0 Å². The molecule has 0 bridgehead atoms. The number of hydrogen-bond donors (Lipinski definition) is 3. The summed E-state index contributed by atoms with van der Waals surface area (Å²) in [5, 5.41) is 12.7. The smallest absolute Gasteiger partial charge is 0.373 e. The molecular formula is C25H29N3O7. The third kappa shape index (κ3) is 7.43. The lowest BCUT2D eigenvalue weighted by Crippen LogP contribution is -2.47. The van der Waals surface area contributed by atoms with E-state index >= 15 is 0 Å². The number of carbonyl (C=O) groups is 1. The Morgan fingerprint density at radius 3 is 2.49 bits per heavy atom. The number of pyridine rings is 1. The van der Waals surface area contributed by atoms with Crippen LogP contribution >= 0.6 is 0 Å². The van der Waals surface area contributed by atoms with E-state index in [0.29, 0.717) is 28.5 Å². The van der Waals surface area contributed by atoms with Crippen molar-refractivity contribution in [2.75, 3.05) is 32.7 Å². The predicted molar refractivity (Wildman–Crippen MR) is 129 cm³/mol. The lowest BCUT2D eigenvalue weighted by molar-refractivity contribution is -0.191. The number of anilines is 1. The molecule has 10 heteroatoms. The molecule has 0 saturated heterocycles. The first-order valence-electron chi connectivity index (χ1n) is 10.7. The van der Waals surface area contributed by atoms with Crippen LogP contribution in [0.25, 0.3) is 10.9 Å². The Morgan fingerprint density at radius 2 is 1.83 bits per heavy atom. The molecule has 3 rings (SSSR count). The molecule has 1 heterocycles. The molecule has 0 unspecified atom stereocenters. The normalized spacial score (nSPS) is 10.5. The molecule has 3 aromatic rings. The van der Waals surface area contributed by atoms with Crippen LogP contribution in [0.15, 0.2) is 42.5 Å². The maximum Gasteiger partial charge on any atom is 0.373 e. The zero-order valence-electron chi connectivity index (χ0n) is 20.1. The number of amides is 1. The molecule has 0 spiro atoms. The van der Waals surface area contributed by atoms with Crippen LogP contribution in [0.3, 0.4) is 0 Å². The van der Waals surface area contributed by atoms with Crippen molar-refractivity contribution in [3.8, 4) is 17.2 Å². The molecule has 0 aliphatic heterocycles. The predicted octanol–water partition coefficient (Wildman–Crippen LogP) is 2.51. The number of nitrogens with two attached hydrogens (primary N) is 1. The number of aliphatic hydroxyl groups excluding tert-OH is 1. The number of ether oxygens (including phenoxy) is 3. The molecule has 1 amide bonds. The van der Waals surface area contributed by atoms with Crippen molar-refractivity contribution >= 4 is 28.6 Å². The van der Waals surface area contributed by atoms with Crippen molar-refractivity contribution in [3.05, 3.63) is 53.7 Å². The van der Waals surface area contributed by atoms with Crippen molar-refractivity contribution in [1.82, 2.24) is 10.3 Å². The molecular weight excluding hydrogens is 454 g/mol. The minimum atomic E-state index is -0.682. The van der Waals surface area contributed by atoms with E-state index < -0.39 is 5.54 Å². The van der Waals surface area contributed by atoms with Crippen LogP contribution in [0.5, 0.6) is 17.2 Å². The van der Waals surface area contributed by atoms with Gasteiger partial charge in [-0.3, -0.25) is 9.78 Å². The largest absolute Gasteiger partial charge is 0.493 e. The molecule has 186 valence electrons. The lowest BCUT2D eigenvalue weighted by atomic mass is 10.1. The average Bonchev–Trinajstić information content (AvgIpc) is 2.81. The van der Waals surface area contributed by atoms with Gasteiger partial charge in [0, 0.05) is 16.9 Å². The van der Waals surface area contributed by atoms with Crippen LogP contribution in [0.4, 0.5) is 5.69 Å². The van der Waals surface area contributed by atoms with Crippen LogP contribution in [0, 0.1) is 6.92 Å². The third-order valence-corrected chi connectivity index (χ3v) is 4.77. The van der Waals surface area contributed by atoms with Gasteiger partial charge in [0.2, 0.25) is 0 Å². The first-order valence-corrected chi connectivity index (χ1v) is 10.7. The number of hydrogen-bond acceptors (Lipinski definition) is 9. The topological polar surface area (TPSA) is 150 Å². The molecule has 0 aliphatic carbocycles. The Morgan fingerprint density at radius 1 is 1.11 bits per heavy atom. The first kappa shape index (κ1) is 27.1.